The molecule has 0 saturated heterocycles. The number of carbonyl (C=O) groups excluding carboxylic acids is 3. The van der Waals surface area contributed by atoms with Crippen LogP contribution < -0.4 is 5.32 Å². The number of rotatable bonds is 9. The van der Waals surface area contributed by atoms with Crippen molar-refractivity contribution in [3.05, 3.63) is 101 Å². The van der Waals surface area contributed by atoms with Gasteiger partial charge >= 0.3 is 5.97 Å². The van der Waals surface area contributed by atoms with Gasteiger partial charge in [0.15, 0.2) is 6.61 Å². The fraction of sp³-hybridized carbons (Fsp3) is 0.333. The molecule has 212 valence electrons. The Morgan fingerprint density at radius 2 is 1.66 bits per heavy atom. The monoisotopic (exact) mass is 553 g/mol. The van der Waals surface area contributed by atoms with Crippen LogP contribution in [0.3, 0.4) is 0 Å². The van der Waals surface area contributed by atoms with E-state index in [2.05, 4.69) is 10.4 Å². The summed E-state index contributed by atoms with van der Waals surface area (Å²) in [6, 6.07) is 24.7. The minimum absolute atomic E-state index is 0.0603. The van der Waals surface area contributed by atoms with Gasteiger partial charge in [-0.05, 0) is 81.0 Å². The van der Waals surface area contributed by atoms with Gasteiger partial charge in [-0.15, -0.1) is 5.10 Å². The molecule has 1 heterocycles. The lowest BCUT2D eigenvalue weighted by molar-refractivity contribution is -0.161. The van der Waals surface area contributed by atoms with Crippen molar-refractivity contribution in [2.45, 2.75) is 58.6 Å². The fourth-order valence-corrected chi connectivity index (χ4v) is 4.71. The molecule has 8 nitrogen and oxygen atoms in total. The molecule has 3 aromatic rings. The van der Waals surface area contributed by atoms with Gasteiger partial charge in [0.05, 0.1) is 18.4 Å². The molecular weight excluding hydrogens is 518 g/mol. The van der Waals surface area contributed by atoms with Gasteiger partial charge in [0.25, 0.3) is 5.91 Å². The number of nitrogens with one attached hydrogen (secondary N) is 1. The minimum Gasteiger partial charge on any atom is -0.466 e. The maximum atomic E-state index is 12.8. The Morgan fingerprint density at radius 1 is 0.951 bits per heavy atom. The molecule has 2 amide bonds. The van der Waals surface area contributed by atoms with Crippen molar-refractivity contribution in [1.82, 2.24) is 5.01 Å². The van der Waals surface area contributed by atoms with Crippen molar-refractivity contribution in [2.24, 2.45) is 10.5 Å². The van der Waals surface area contributed by atoms with Crippen molar-refractivity contribution in [3.63, 3.8) is 0 Å². The summed E-state index contributed by atoms with van der Waals surface area (Å²) in [5, 5.41) is 8.78. The van der Waals surface area contributed by atoms with E-state index in [-0.39, 0.29) is 30.8 Å². The number of benzene rings is 3. The normalized spacial score (nSPS) is 15.9. The highest BCUT2D eigenvalue weighted by atomic mass is 16.6. The number of hydrogen-bond acceptors (Lipinski definition) is 6. The van der Waals surface area contributed by atoms with E-state index in [4.69, 9.17) is 9.47 Å². The summed E-state index contributed by atoms with van der Waals surface area (Å²) in [6.07, 6.45) is 2.43. The largest absolute Gasteiger partial charge is 0.466 e. The van der Waals surface area contributed by atoms with Crippen LogP contribution in [0.25, 0.3) is 0 Å². The van der Waals surface area contributed by atoms with Crippen LogP contribution in [-0.2, 0) is 43.2 Å². The number of carbonyl (C=O) groups is 3. The van der Waals surface area contributed by atoms with Crippen LogP contribution in [0.4, 0.5) is 5.69 Å². The third-order valence-corrected chi connectivity index (χ3v) is 7.01. The molecule has 0 unspecified atom stereocenters. The summed E-state index contributed by atoms with van der Waals surface area (Å²) in [6.45, 7) is 5.89. The summed E-state index contributed by atoms with van der Waals surface area (Å²) in [5.74, 6) is -0.0817. The molecule has 1 aliphatic carbocycles. The lowest BCUT2D eigenvalue weighted by Gasteiger charge is -2.24. The second-order valence-electron chi connectivity index (χ2n) is 11.7. The standard InChI is InChI=1S/C33H35N3O5/c1-32(2,3)41-31(39)33(16-17-33)20-25-8-7-11-27(18-25)34-28(37)19-23-12-14-24(15-13-23)21-36-29(38)22-40-30(35-36)26-9-5-4-6-10-26/h4-15,18H,16-17,19-22H2,1-3H3,(H,34,37). The number of hydrogen-bond donors (Lipinski definition) is 1. The number of anilines is 1. The van der Waals surface area contributed by atoms with E-state index >= 15 is 0 Å². The molecule has 1 N–H and O–H groups in total. The van der Waals surface area contributed by atoms with Crippen molar-refractivity contribution in [2.75, 3.05) is 11.9 Å². The molecule has 41 heavy (non-hydrogen) atoms. The first-order valence-electron chi connectivity index (χ1n) is 13.9. The quantitative estimate of drug-likeness (QED) is 0.365. The number of hydrazone groups is 1. The van der Waals surface area contributed by atoms with E-state index in [1.807, 2.05) is 99.6 Å². The summed E-state index contributed by atoms with van der Waals surface area (Å²) < 4.78 is 11.1. The SMILES string of the molecule is CC(C)(C)OC(=O)C1(Cc2cccc(NC(=O)Cc3ccc(CN4N=C(c5ccccc5)OCC4=O)cc3)c2)CC1. The Balaban J connectivity index is 1.16. The van der Waals surface area contributed by atoms with Gasteiger partial charge in [0, 0.05) is 11.3 Å². The second-order valence-corrected chi connectivity index (χ2v) is 11.7. The molecule has 2 aliphatic rings. The van der Waals surface area contributed by atoms with Gasteiger partial charge in [-0.25, -0.2) is 5.01 Å². The highest BCUT2D eigenvalue weighted by Gasteiger charge is 2.52. The topological polar surface area (TPSA) is 97.3 Å². The van der Waals surface area contributed by atoms with Crippen molar-refractivity contribution in [3.8, 4) is 0 Å². The molecule has 0 aromatic heterocycles. The number of amides is 2. The van der Waals surface area contributed by atoms with Gasteiger partial charge in [-0.1, -0.05) is 54.6 Å². The molecule has 1 saturated carbocycles. The summed E-state index contributed by atoms with van der Waals surface area (Å²) in [7, 11) is 0. The van der Waals surface area contributed by atoms with Crippen LogP contribution in [0.15, 0.2) is 84.0 Å². The maximum absolute atomic E-state index is 12.8. The molecule has 0 radical (unpaired) electrons. The predicted molar refractivity (Wildman–Crippen MR) is 156 cm³/mol. The van der Waals surface area contributed by atoms with Gasteiger partial charge in [0.2, 0.25) is 11.8 Å². The Bertz CT molecular complexity index is 1450. The van der Waals surface area contributed by atoms with Crippen LogP contribution in [0.5, 0.6) is 0 Å². The first-order valence-corrected chi connectivity index (χ1v) is 13.9. The van der Waals surface area contributed by atoms with E-state index in [0.717, 1.165) is 35.1 Å². The third kappa shape index (κ3) is 7.39. The highest BCUT2D eigenvalue weighted by molar-refractivity contribution is 5.98. The van der Waals surface area contributed by atoms with E-state index in [1.165, 1.54) is 5.01 Å². The minimum atomic E-state index is -0.513. The Morgan fingerprint density at radius 3 is 2.34 bits per heavy atom. The molecule has 0 spiro atoms. The van der Waals surface area contributed by atoms with Gasteiger partial charge in [-0.2, -0.15) is 0 Å². The van der Waals surface area contributed by atoms with Crippen LogP contribution in [0, 0.1) is 5.41 Å². The zero-order valence-electron chi connectivity index (χ0n) is 23.7. The van der Waals surface area contributed by atoms with E-state index in [0.29, 0.717) is 24.6 Å². The lowest BCUT2D eigenvalue weighted by atomic mass is 9.96. The average molecular weight is 554 g/mol. The average Bonchev–Trinajstić information content (AvgIpc) is 3.71. The lowest BCUT2D eigenvalue weighted by Crippen LogP contribution is -2.36. The molecular formula is C33H35N3O5. The molecule has 5 rings (SSSR count). The van der Waals surface area contributed by atoms with Crippen LogP contribution in [0.1, 0.15) is 55.9 Å². The summed E-state index contributed by atoms with van der Waals surface area (Å²) in [4.78, 5) is 37.9. The number of esters is 1. The zero-order chi connectivity index (χ0) is 29.0. The first-order chi connectivity index (χ1) is 19.6. The molecule has 0 atom stereocenters. The van der Waals surface area contributed by atoms with Crippen LogP contribution >= 0.6 is 0 Å². The van der Waals surface area contributed by atoms with Crippen LogP contribution in [0.2, 0.25) is 0 Å². The van der Waals surface area contributed by atoms with Crippen molar-refractivity contribution in [1.29, 1.82) is 0 Å². The Kier molecular flexibility index (Phi) is 7.92. The Hall–Kier alpha value is -4.46. The fourth-order valence-electron chi connectivity index (χ4n) is 4.71. The number of nitrogens with zero attached hydrogens (tertiary/aromatic N) is 2. The summed E-state index contributed by atoms with van der Waals surface area (Å²) >= 11 is 0. The first kappa shape index (κ1) is 28.1. The molecule has 0 bridgehead atoms. The highest BCUT2D eigenvalue weighted by Crippen LogP contribution is 2.50. The van der Waals surface area contributed by atoms with Crippen molar-refractivity contribution >= 4 is 29.4 Å². The molecule has 1 aliphatic heterocycles. The Labute approximate surface area is 240 Å². The maximum Gasteiger partial charge on any atom is 0.312 e. The summed E-state index contributed by atoms with van der Waals surface area (Å²) in [5.41, 5.74) is 3.27. The predicted octanol–water partition coefficient (Wildman–Crippen LogP) is 5.25. The van der Waals surface area contributed by atoms with Gasteiger partial charge < -0.3 is 14.8 Å². The zero-order valence-corrected chi connectivity index (χ0v) is 23.7. The van der Waals surface area contributed by atoms with E-state index < -0.39 is 11.0 Å². The molecule has 8 heteroatoms. The van der Waals surface area contributed by atoms with E-state index in [1.54, 1.807) is 0 Å². The number of ether oxygens (including phenoxy) is 2. The second kappa shape index (κ2) is 11.6. The third-order valence-electron chi connectivity index (χ3n) is 7.01. The smallest absolute Gasteiger partial charge is 0.312 e. The van der Waals surface area contributed by atoms with Crippen molar-refractivity contribution < 1.29 is 23.9 Å². The van der Waals surface area contributed by atoms with Gasteiger partial charge in [-0.3, -0.25) is 14.4 Å². The van der Waals surface area contributed by atoms with Gasteiger partial charge in [0.1, 0.15) is 5.60 Å². The molecule has 3 aromatic carbocycles. The van der Waals surface area contributed by atoms with E-state index in [9.17, 15) is 14.4 Å². The van der Waals surface area contributed by atoms with Crippen LogP contribution in [-0.4, -0.2) is 40.9 Å². The molecule has 1 fully saturated rings.